The number of nitrogens with two attached hydrogens (primary N) is 1. The van der Waals surface area contributed by atoms with Crippen molar-refractivity contribution in [2.24, 2.45) is 0 Å². The molecule has 17 heavy (non-hydrogen) atoms. The molecule has 3 nitrogen and oxygen atoms in total. The quantitative estimate of drug-likeness (QED) is 0.883. The molecule has 0 unspecified atom stereocenters. The third-order valence-corrected chi connectivity index (χ3v) is 3.38. The van der Waals surface area contributed by atoms with Gasteiger partial charge in [-0.25, -0.2) is 9.97 Å². The number of aryl methyl sites for hydroxylation is 3. The van der Waals surface area contributed by atoms with Crippen LogP contribution < -0.4 is 5.73 Å². The molecular weight excluding hydrogens is 230 g/mol. The number of nitrogen functional groups attached to an aromatic ring is 1. The lowest BCUT2D eigenvalue weighted by molar-refractivity contribution is 1.03. The molecule has 2 aromatic heterocycles. The number of pyridine rings is 2. The third kappa shape index (κ3) is 2.77. The highest BCUT2D eigenvalue weighted by Crippen LogP contribution is 2.30. The standard InChI is InChI=1S/C13H15N3S/c1-8-6-10(3)16-11(7-8)17-13-12(14)9(2)4-5-15-13/h4-7H,14H2,1-3H3. The SMILES string of the molecule is Cc1cc(C)nc(Sc2nccc(C)c2N)c1. The Balaban J connectivity index is 2.34. The lowest BCUT2D eigenvalue weighted by Crippen LogP contribution is -1.95. The van der Waals surface area contributed by atoms with E-state index in [0.29, 0.717) is 0 Å². The van der Waals surface area contributed by atoms with E-state index >= 15 is 0 Å². The molecule has 2 heterocycles. The van der Waals surface area contributed by atoms with E-state index in [-0.39, 0.29) is 0 Å². The van der Waals surface area contributed by atoms with Crippen molar-refractivity contribution in [2.45, 2.75) is 30.8 Å². The van der Waals surface area contributed by atoms with E-state index in [4.69, 9.17) is 5.73 Å². The van der Waals surface area contributed by atoms with Crippen LogP contribution in [-0.4, -0.2) is 9.97 Å². The zero-order valence-electron chi connectivity index (χ0n) is 10.2. The largest absolute Gasteiger partial charge is 0.396 e. The molecule has 0 aromatic carbocycles. The summed E-state index contributed by atoms with van der Waals surface area (Å²) in [4.78, 5) is 8.76. The van der Waals surface area contributed by atoms with Gasteiger partial charge in [0.15, 0.2) is 0 Å². The van der Waals surface area contributed by atoms with Crippen LogP contribution in [0.15, 0.2) is 34.4 Å². The van der Waals surface area contributed by atoms with Crippen LogP contribution in [0, 0.1) is 20.8 Å². The van der Waals surface area contributed by atoms with Crippen LogP contribution >= 0.6 is 11.8 Å². The van der Waals surface area contributed by atoms with Crippen molar-refractivity contribution in [1.82, 2.24) is 9.97 Å². The topological polar surface area (TPSA) is 51.8 Å². The zero-order chi connectivity index (χ0) is 12.4. The van der Waals surface area contributed by atoms with Crippen LogP contribution in [0.25, 0.3) is 0 Å². The minimum absolute atomic E-state index is 0.735. The van der Waals surface area contributed by atoms with Crippen LogP contribution in [-0.2, 0) is 0 Å². The van der Waals surface area contributed by atoms with Crippen LogP contribution in [0.3, 0.4) is 0 Å². The van der Waals surface area contributed by atoms with Crippen LogP contribution in [0.5, 0.6) is 0 Å². The van der Waals surface area contributed by atoms with Crippen molar-refractivity contribution >= 4 is 17.4 Å². The maximum absolute atomic E-state index is 6.00. The smallest absolute Gasteiger partial charge is 0.125 e. The first-order valence-corrected chi connectivity index (χ1v) is 6.22. The second-order valence-corrected chi connectivity index (χ2v) is 5.08. The van der Waals surface area contributed by atoms with Gasteiger partial charge in [0.05, 0.1) is 5.69 Å². The molecule has 2 rings (SSSR count). The van der Waals surface area contributed by atoms with Crippen LogP contribution in [0.1, 0.15) is 16.8 Å². The number of anilines is 1. The van der Waals surface area contributed by atoms with Gasteiger partial charge in [0.25, 0.3) is 0 Å². The molecule has 0 aliphatic rings. The second kappa shape index (κ2) is 4.75. The van der Waals surface area contributed by atoms with E-state index in [2.05, 4.69) is 23.0 Å². The fourth-order valence-corrected chi connectivity index (χ4v) is 2.60. The number of hydrogen-bond acceptors (Lipinski definition) is 4. The fraction of sp³-hybridized carbons (Fsp3) is 0.231. The first kappa shape index (κ1) is 11.9. The lowest BCUT2D eigenvalue weighted by Gasteiger charge is -2.07. The number of nitrogens with zero attached hydrogens (tertiary/aromatic N) is 2. The second-order valence-electron chi connectivity index (χ2n) is 4.07. The number of rotatable bonds is 2. The fourth-order valence-electron chi connectivity index (χ4n) is 1.58. The van der Waals surface area contributed by atoms with E-state index in [1.54, 1.807) is 6.20 Å². The Bertz CT molecular complexity index is 532. The molecule has 0 spiro atoms. The maximum atomic E-state index is 6.00. The molecule has 0 aliphatic heterocycles. The Kier molecular flexibility index (Phi) is 3.33. The van der Waals surface area contributed by atoms with E-state index in [9.17, 15) is 0 Å². The Morgan fingerprint density at radius 1 is 1.18 bits per heavy atom. The normalized spacial score (nSPS) is 10.5. The monoisotopic (exact) mass is 245 g/mol. The predicted molar refractivity (Wildman–Crippen MR) is 71.2 cm³/mol. The number of aromatic nitrogens is 2. The Morgan fingerprint density at radius 2 is 1.94 bits per heavy atom. The summed E-state index contributed by atoms with van der Waals surface area (Å²) < 4.78 is 0. The third-order valence-electron chi connectivity index (χ3n) is 2.45. The summed E-state index contributed by atoms with van der Waals surface area (Å²) in [6.07, 6.45) is 1.77. The molecule has 0 atom stereocenters. The molecule has 2 aromatic rings. The van der Waals surface area contributed by atoms with Gasteiger partial charge in [-0.2, -0.15) is 0 Å². The maximum Gasteiger partial charge on any atom is 0.125 e. The van der Waals surface area contributed by atoms with Gasteiger partial charge in [-0.3, -0.25) is 0 Å². The summed E-state index contributed by atoms with van der Waals surface area (Å²) >= 11 is 1.51. The summed E-state index contributed by atoms with van der Waals surface area (Å²) in [6.45, 7) is 6.03. The Labute approximate surface area is 105 Å². The van der Waals surface area contributed by atoms with Crippen molar-refractivity contribution in [2.75, 3.05) is 5.73 Å². The lowest BCUT2D eigenvalue weighted by atomic mass is 10.2. The Hall–Kier alpha value is -1.55. The molecule has 0 saturated heterocycles. The summed E-state index contributed by atoms with van der Waals surface area (Å²) in [6, 6.07) is 6.01. The van der Waals surface area contributed by atoms with Gasteiger partial charge in [-0.1, -0.05) is 0 Å². The van der Waals surface area contributed by atoms with Gasteiger partial charge in [-0.05, 0) is 61.9 Å². The van der Waals surface area contributed by atoms with Gasteiger partial charge >= 0.3 is 0 Å². The highest BCUT2D eigenvalue weighted by atomic mass is 32.2. The average molecular weight is 245 g/mol. The van der Waals surface area contributed by atoms with Crippen molar-refractivity contribution in [3.8, 4) is 0 Å². The summed E-state index contributed by atoms with van der Waals surface area (Å²) in [5.74, 6) is 0. The van der Waals surface area contributed by atoms with Gasteiger partial charge in [-0.15, -0.1) is 0 Å². The van der Waals surface area contributed by atoms with Crippen molar-refractivity contribution in [1.29, 1.82) is 0 Å². The highest BCUT2D eigenvalue weighted by molar-refractivity contribution is 7.99. The zero-order valence-corrected chi connectivity index (χ0v) is 11.0. The van der Waals surface area contributed by atoms with E-state index in [1.165, 1.54) is 17.3 Å². The van der Waals surface area contributed by atoms with E-state index in [1.807, 2.05) is 26.0 Å². The van der Waals surface area contributed by atoms with E-state index < -0.39 is 0 Å². The molecule has 0 amide bonds. The predicted octanol–water partition coefficient (Wildman–Crippen LogP) is 3.14. The Morgan fingerprint density at radius 3 is 2.65 bits per heavy atom. The molecule has 0 fully saturated rings. The average Bonchev–Trinajstić information content (AvgIpc) is 2.23. The minimum Gasteiger partial charge on any atom is -0.396 e. The van der Waals surface area contributed by atoms with Gasteiger partial charge < -0.3 is 5.73 Å². The number of hydrogen-bond donors (Lipinski definition) is 1. The molecule has 0 bridgehead atoms. The van der Waals surface area contributed by atoms with Gasteiger partial charge in [0, 0.05) is 11.9 Å². The molecular formula is C13H15N3S. The van der Waals surface area contributed by atoms with Crippen molar-refractivity contribution < 1.29 is 0 Å². The molecule has 0 radical (unpaired) electrons. The highest BCUT2D eigenvalue weighted by Gasteiger charge is 2.07. The van der Waals surface area contributed by atoms with Crippen LogP contribution in [0.4, 0.5) is 5.69 Å². The van der Waals surface area contributed by atoms with Crippen LogP contribution in [0.2, 0.25) is 0 Å². The first-order chi connectivity index (χ1) is 8.06. The van der Waals surface area contributed by atoms with Crippen molar-refractivity contribution in [3.05, 3.63) is 41.2 Å². The molecule has 0 saturated carbocycles. The molecule has 2 N–H and O–H groups in total. The molecule has 0 aliphatic carbocycles. The van der Waals surface area contributed by atoms with E-state index in [0.717, 1.165) is 27.0 Å². The van der Waals surface area contributed by atoms with Gasteiger partial charge in [0.2, 0.25) is 0 Å². The summed E-state index contributed by atoms with van der Waals surface area (Å²) in [7, 11) is 0. The summed E-state index contributed by atoms with van der Waals surface area (Å²) in [5, 5.41) is 1.76. The minimum atomic E-state index is 0.735. The summed E-state index contributed by atoms with van der Waals surface area (Å²) in [5.41, 5.74) is 9.99. The van der Waals surface area contributed by atoms with Gasteiger partial charge in [0.1, 0.15) is 10.1 Å². The van der Waals surface area contributed by atoms with Crippen molar-refractivity contribution in [3.63, 3.8) is 0 Å². The molecule has 88 valence electrons. The molecule has 4 heteroatoms. The first-order valence-electron chi connectivity index (χ1n) is 5.40.